The molecule has 0 aromatic heterocycles. The summed E-state index contributed by atoms with van der Waals surface area (Å²) in [4.78, 5) is 23.1. The van der Waals surface area contributed by atoms with E-state index in [4.69, 9.17) is 5.11 Å². The zero-order valence-corrected chi connectivity index (χ0v) is 11.9. The second-order valence-electron chi connectivity index (χ2n) is 6.56. The van der Waals surface area contributed by atoms with Crippen molar-refractivity contribution < 1.29 is 14.7 Å². The largest absolute Gasteiger partial charge is 0.481 e. The van der Waals surface area contributed by atoms with E-state index in [0.717, 1.165) is 18.8 Å². The van der Waals surface area contributed by atoms with Gasteiger partial charge in [0.25, 0.3) is 0 Å². The van der Waals surface area contributed by atoms with Crippen molar-refractivity contribution in [3.63, 3.8) is 0 Å². The van der Waals surface area contributed by atoms with Crippen LogP contribution in [0.5, 0.6) is 0 Å². The molecule has 5 atom stereocenters. The molecule has 2 aliphatic carbocycles. The van der Waals surface area contributed by atoms with Crippen molar-refractivity contribution >= 4 is 11.9 Å². The van der Waals surface area contributed by atoms with Gasteiger partial charge in [0.2, 0.25) is 5.91 Å². The number of amides is 1. The molecule has 2 rings (SSSR count). The topological polar surface area (TPSA) is 66.4 Å². The molecule has 4 nitrogen and oxygen atoms in total. The van der Waals surface area contributed by atoms with Gasteiger partial charge in [0, 0.05) is 12.0 Å². The molecule has 2 saturated carbocycles. The SMILES string of the molecule is CC1CCC(NC(=O)C2CCC(C(=O)O)C2)C(C)C1. The molecule has 1 amide bonds. The first-order chi connectivity index (χ1) is 8.97. The molecule has 0 aromatic carbocycles. The number of hydrogen-bond acceptors (Lipinski definition) is 2. The number of carbonyl (C=O) groups excluding carboxylic acids is 1. The summed E-state index contributed by atoms with van der Waals surface area (Å²) in [5.41, 5.74) is 0. The highest BCUT2D eigenvalue weighted by Crippen LogP contribution is 2.33. The lowest BCUT2D eigenvalue weighted by Gasteiger charge is -2.33. The van der Waals surface area contributed by atoms with Crippen molar-refractivity contribution in [2.45, 2.75) is 58.4 Å². The number of hydrogen-bond donors (Lipinski definition) is 2. The zero-order chi connectivity index (χ0) is 14.0. The Bertz CT molecular complexity index is 355. The fraction of sp³-hybridized carbons (Fsp3) is 0.867. The van der Waals surface area contributed by atoms with Gasteiger partial charge in [-0.05, 0) is 50.4 Å². The van der Waals surface area contributed by atoms with Crippen molar-refractivity contribution in [3.05, 3.63) is 0 Å². The highest BCUT2D eigenvalue weighted by molar-refractivity contribution is 5.81. The summed E-state index contributed by atoms with van der Waals surface area (Å²) in [5.74, 6) is 0.202. The smallest absolute Gasteiger partial charge is 0.306 e. The van der Waals surface area contributed by atoms with Crippen LogP contribution < -0.4 is 5.32 Å². The van der Waals surface area contributed by atoms with Crippen LogP contribution in [0.3, 0.4) is 0 Å². The van der Waals surface area contributed by atoms with Crippen LogP contribution in [0.25, 0.3) is 0 Å². The maximum absolute atomic E-state index is 12.2. The normalized spacial score (nSPS) is 38.9. The third kappa shape index (κ3) is 3.48. The van der Waals surface area contributed by atoms with E-state index in [9.17, 15) is 9.59 Å². The van der Waals surface area contributed by atoms with Crippen LogP contribution in [0.1, 0.15) is 52.4 Å². The Labute approximate surface area is 115 Å². The standard InChI is InChI=1S/C15H25NO3/c1-9-3-6-13(10(2)7-9)16-14(17)11-4-5-12(8-11)15(18)19/h9-13H,3-8H2,1-2H3,(H,16,17)(H,18,19). The predicted molar refractivity (Wildman–Crippen MR) is 72.6 cm³/mol. The maximum atomic E-state index is 12.2. The molecule has 0 saturated heterocycles. The van der Waals surface area contributed by atoms with Crippen LogP contribution in [-0.4, -0.2) is 23.0 Å². The minimum Gasteiger partial charge on any atom is -0.481 e. The first-order valence-corrected chi connectivity index (χ1v) is 7.50. The van der Waals surface area contributed by atoms with Crippen molar-refractivity contribution in [1.82, 2.24) is 5.32 Å². The van der Waals surface area contributed by atoms with E-state index in [1.54, 1.807) is 0 Å². The monoisotopic (exact) mass is 267 g/mol. The number of rotatable bonds is 3. The van der Waals surface area contributed by atoms with Crippen LogP contribution in [-0.2, 0) is 9.59 Å². The molecule has 5 unspecified atom stereocenters. The summed E-state index contributed by atoms with van der Waals surface area (Å²) >= 11 is 0. The molecule has 0 aromatic rings. The highest BCUT2D eigenvalue weighted by Gasteiger charge is 2.35. The summed E-state index contributed by atoms with van der Waals surface area (Å²) in [6, 6.07) is 0.285. The fourth-order valence-electron chi connectivity index (χ4n) is 3.62. The minimum absolute atomic E-state index is 0.0788. The Kier molecular flexibility index (Phi) is 4.48. The van der Waals surface area contributed by atoms with Crippen LogP contribution in [0, 0.1) is 23.7 Å². The Morgan fingerprint density at radius 2 is 1.68 bits per heavy atom. The van der Waals surface area contributed by atoms with Crippen LogP contribution in [0.2, 0.25) is 0 Å². The van der Waals surface area contributed by atoms with Gasteiger partial charge in [-0.25, -0.2) is 0 Å². The maximum Gasteiger partial charge on any atom is 0.306 e. The molecule has 4 heteroatoms. The van der Waals surface area contributed by atoms with Crippen molar-refractivity contribution in [2.75, 3.05) is 0 Å². The van der Waals surface area contributed by atoms with Crippen molar-refractivity contribution in [1.29, 1.82) is 0 Å². The molecule has 0 radical (unpaired) electrons. The van der Waals surface area contributed by atoms with E-state index in [1.807, 2.05) is 0 Å². The first kappa shape index (κ1) is 14.4. The Hall–Kier alpha value is -1.06. The van der Waals surface area contributed by atoms with Gasteiger partial charge >= 0.3 is 5.97 Å². The molecule has 19 heavy (non-hydrogen) atoms. The highest BCUT2D eigenvalue weighted by atomic mass is 16.4. The Balaban J connectivity index is 1.83. The summed E-state index contributed by atoms with van der Waals surface area (Å²) in [6.45, 7) is 4.47. The lowest BCUT2D eigenvalue weighted by Crippen LogP contribution is -2.44. The van der Waals surface area contributed by atoms with E-state index in [0.29, 0.717) is 18.8 Å². The average molecular weight is 267 g/mol. The zero-order valence-electron chi connectivity index (χ0n) is 11.9. The molecule has 0 heterocycles. The van der Waals surface area contributed by atoms with Gasteiger partial charge in [-0.15, -0.1) is 0 Å². The van der Waals surface area contributed by atoms with Crippen molar-refractivity contribution in [3.8, 4) is 0 Å². The minimum atomic E-state index is -0.754. The molecule has 0 aliphatic heterocycles. The molecule has 0 spiro atoms. The van der Waals surface area contributed by atoms with E-state index in [-0.39, 0.29) is 23.8 Å². The Morgan fingerprint density at radius 1 is 1.00 bits per heavy atom. The first-order valence-electron chi connectivity index (χ1n) is 7.50. The lowest BCUT2D eigenvalue weighted by atomic mass is 9.79. The molecule has 2 N–H and O–H groups in total. The van der Waals surface area contributed by atoms with E-state index < -0.39 is 5.97 Å². The molecule has 0 bridgehead atoms. The van der Waals surface area contributed by atoms with Gasteiger partial charge in [0.1, 0.15) is 0 Å². The summed E-state index contributed by atoms with van der Waals surface area (Å²) in [7, 11) is 0. The summed E-state index contributed by atoms with van der Waals surface area (Å²) in [6.07, 6.45) is 5.29. The number of carbonyl (C=O) groups is 2. The molecular formula is C15H25NO3. The van der Waals surface area contributed by atoms with Crippen molar-refractivity contribution in [2.24, 2.45) is 23.7 Å². The Morgan fingerprint density at radius 3 is 2.26 bits per heavy atom. The second-order valence-corrected chi connectivity index (χ2v) is 6.56. The number of aliphatic carboxylic acids is 1. The second kappa shape index (κ2) is 5.93. The molecule has 2 aliphatic rings. The molecular weight excluding hydrogens is 242 g/mol. The van der Waals surface area contributed by atoms with Crippen LogP contribution >= 0.6 is 0 Å². The number of nitrogens with one attached hydrogen (secondary N) is 1. The summed E-state index contributed by atoms with van der Waals surface area (Å²) < 4.78 is 0. The summed E-state index contributed by atoms with van der Waals surface area (Å²) in [5, 5.41) is 12.1. The van der Waals surface area contributed by atoms with Gasteiger partial charge in [-0.2, -0.15) is 0 Å². The van der Waals surface area contributed by atoms with Crippen LogP contribution in [0.15, 0.2) is 0 Å². The van der Waals surface area contributed by atoms with Gasteiger partial charge in [0.15, 0.2) is 0 Å². The predicted octanol–water partition coefficient (Wildman–Crippen LogP) is 2.43. The fourth-order valence-corrected chi connectivity index (χ4v) is 3.62. The quantitative estimate of drug-likeness (QED) is 0.825. The van der Waals surface area contributed by atoms with E-state index >= 15 is 0 Å². The molecule has 108 valence electrons. The average Bonchev–Trinajstić information content (AvgIpc) is 2.82. The number of carboxylic acids is 1. The van der Waals surface area contributed by atoms with Gasteiger partial charge in [-0.1, -0.05) is 13.8 Å². The molecule has 2 fully saturated rings. The van der Waals surface area contributed by atoms with E-state index in [1.165, 1.54) is 12.8 Å². The van der Waals surface area contributed by atoms with Gasteiger partial charge in [0.05, 0.1) is 5.92 Å². The van der Waals surface area contributed by atoms with Crippen LogP contribution in [0.4, 0.5) is 0 Å². The third-order valence-electron chi connectivity index (χ3n) is 4.91. The van der Waals surface area contributed by atoms with Gasteiger partial charge in [-0.3, -0.25) is 9.59 Å². The number of carboxylic acid groups (broad SMARTS) is 1. The third-order valence-corrected chi connectivity index (χ3v) is 4.91. The van der Waals surface area contributed by atoms with E-state index in [2.05, 4.69) is 19.2 Å². The lowest BCUT2D eigenvalue weighted by molar-refractivity contribution is -0.141. The van der Waals surface area contributed by atoms with Gasteiger partial charge < -0.3 is 10.4 Å².